The van der Waals surface area contributed by atoms with Gasteiger partial charge in [0.1, 0.15) is 11.6 Å². The van der Waals surface area contributed by atoms with Gasteiger partial charge in [-0.25, -0.2) is 9.37 Å². The van der Waals surface area contributed by atoms with Crippen molar-refractivity contribution >= 4 is 0 Å². The predicted octanol–water partition coefficient (Wildman–Crippen LogP) is 2.45. The first-order valence-electron chi connectivity index (χ1n) is 5.48. The fourth-order valence-electron chi connectivity index (χ4n) is 1.81. The lowest BCUT2D eigenvalue weighted by Crippen LogP contribution is -2.17. The molecule has 0 aliphatic rings. The average molecular weight is 232 g/mol. The van der Waals surface area contributed by atoms with Crippen molar-refractivity contribution in [3.63, 3.8) is 0 Å². The smallest absolute Gasteiger partial charge is 0.254 e. The van der Waals surface area contributed by atoms with Crippen LogP contribution in [0.4, 0.5) is 4.39 Å². The molecule has 3 nitrogen and oxygen atoms in total. The molecule has 0 aliphatic carbocycles. The van der Waals surface area contributed by atoms with Crippen LogP contribution in [-0.4, -0.2) is 9.97 Å². The second-order valence-electron chi connectivity index (χ2n) is 3.81. The summed E-state index contributed by atoms with van der Waals surface area (Å²) in [6.07, 6.45) is 0.617. The number of benzene rings is 1. The number of aromatic nitrogens is 2. The molecule has 0 spiro atoms. The lowest BCUT2D eigenvalue weighted by molar-refractivity contribution is 0.629. The quantitative estimate of drug-likeness (QED) is 0.864. The summed E-state index contributed by atoms with van der Waals surface area (Å²) in [4.78, 5) is 18.6. The number of aromatic amines is 1. The highest BCUT2D eigenvalue weighted by Gasteiger charge is 2.10. The van der Waals surface area contributed by atoms with Gasteiger partial charge in [-0.15, -0.1) is 0 Å². The molecule has 1 heterocycles. The highest BCUT2D eigenvalue weighted by molar-refractivity contribution is 5.55. The van der Waals surface area contributed by atoms with Crippen molar-refractivity contribution in [1.82, 2.24) is 9.97 Å². The molecule has 17 heavy (non-hydrogen) atoms. The first kappa shape index (κ1) is 11.5. The summed E-state index contributed by atoms with van der Waals surface area (Å²) < 4.78 is 13.6. The van der Waals surface area contributed by atoms with E-state index in [1.807, 2.05) is 6.92 Å². The lowest BCUT2D eigenvalue weighted by Gasteiger charge is -2.06. The van der Waals surface area contributed by atoms with Gasteiger partial charge in [-0.2, -0.15) is 0 Å². The Bertz CT molecular complexity index is 605. The fourth-order valence-corrected chi connectivity index (χ4v) is 1.81. The molecule has 1 N–H and O–H groups in total. The Kier molecular flexibility index (Phi) is 3.04. The number of nitrogens with zero attached hydrogens (tertiary/aromatic N) is 1. The van der Waals surface area contributed by atoms with Crippen LogP contribution in [-0.2, 0) is 6.42 Å². The van der Waals surface area contributed by atoms with Gasteiger partial charge in [0.25, 0.3) is 5.56 Å². The average Bonchev–Trinajstić information content (AvgIpc) is 2.29. The molecule has 0 saturated carbocycles. The van der Waals surface area contributed by atoms with Gasteiger partial charge < -0.3 is 4.98 Å². The van der Waals surface area contributed by atoms with Crippen LogP contribution in [0.2, 0.25) is 0 Å². The van der Waals surface area contributed by atoms with Crippen LogP contribution < -0.4 is 5.56 Å². The normalized spacial score (nSPS) is 10.5. The monoisotopic (exact) mass is 232 g/mol. The minimum Gasteiger partial charge on any atom is -0.306 e. The van der Waals surface area contributed by atoms with E-state index < -0.39 is 0 Å². The van der Waals surface area contributed by atoms with E-state index in [2.05, 4.69) is 9.97 Å². The van der Waals surface area contributed by atoms with Gasteiger partial charge in [0.05, 0.1) is 5.56 Å². The Labute approximate surface area is 98.3 Å². The number of aryl methyl sites for hydroxylation is 1. The number of hydrogen-bond acceptors (Lipinski definition) is 2. The summed E-state index contributed by atoms with van der Waals surface area (Å²) in [5, 5.41) is 0. The number of halogens is 1. The zero-order valence-electron chi connectivity index (χ0n) is 9.75. The van der Waals surface area contributed by atoms with E-state index in [0.717, 1.165) is 0 Å². The first-order valence-corrected chi connectivity index (χ1v) is 5.48. The molecule has 4 heteroatoms. The van der Waals surface area contributed by atoms with Crippen LogP contribution in [0.5, 0.6) is 0 Å². The van der Waals surface area contributed by atoms with Gasteiger partial charge in [-0.3, -0.25) is 4.79 Å². The largest absolute Gasteiger partial charge is 0.306 e. The molecule has 0 bridgehead atoms. The van der Waals surface area contributed by atoms with Gasteiger partial charge in [0.2, 0.25) is 0 Å². The summed E-state index contributed by atoms with van der Waals surface area (Å²) in [5.74, 6) is -0.109. The third kappa shape index (κ3) is 2.11. The van der Waals surface area contributed by atoms with Crippen LogP contribution in [0.25, 0.3) is 11.4 Å². The van der Waals surface area contributed by atoms with Crippen LogP contribution in [0.15, 0.2) is 29.1 Å². The van der Waals surface area contributed by atoms with Crippen molar-refractivity contribution in [3.05, 3.63) is 51.7 Å². The second kappa shape index (κ2) is 4.49. The van der Waals surface area contributed by atoms with E-state index in [1.54, 1.807) is 25.1 Å². The van der Waals surface area contributed by atoms with E-state index >= 15 is 0 Å². The summed E-state index contributed by atoms with van der Waals surface area (Å²) in [6.45, 7) is 3.65. The molecule has 0 radical (unpaired) electrons. The van der Waals surface area contributed by atoms with Crippen LogP contribution >= 0.6 is 0 Å². The molecule has 1 aromatic carbocycles. The zero-order chi connectivity index (χ0) is 12.4. The molecule has 2 rings (SSSR count). The summed E-state index contributed by atoms with van der Waals surface area (Å²) >= 11 is 0. The van der Waals surface area contributed by atoms with Gasteiger partial charge in [0.15, 0.2) is 0 Å². The second-order valence-corrected chi connectivity index (χ2v) is 3.81. The molecule has 0 saturated heterocycles. The Hall–Kier alpha value is -1.97. The summed E-state index contributed by atoms with van der Waals surface area (Å²) in [5.41, 5.74) is 1.41. The van der Waals surface area contributed by atoms with Crippen molar-refractivity contribution in [1.29, 1.82) is 0 Å². The Morgan fingerprint density at radius 3 is 2.65 bits per heavy atom. The summed E-state index contributed by atoms with van der Waals surface area (Å²) in [6, 6.07) is 6.25. The molecular weight excluding hydrogens is 219 g/mol. The number of rotatable bonds is 2. The topological polar surface area (TPSA) is 45.8 Å². The zero-order valence-corrected chi connectivity index (χ0v) is 9.75. The van der Waals surface area contributed by atoms with Crippen molar-refractivity contribution < 1.29 is 4.39 Å². The first-order chi connectivity index (χ1) is 8.13. The van der Waals surface area contributed by atoms with Crippen LogP contribution in [0.1, 0.15) is 18.2 Å². The Morgan fingerprint density at radius 2 is 2.06 bits per heavy atom. The highest BCUT2D eigenvalue weighted by Crippen LogP contribution is 2.18. The standard InChI is InChI=1S/C13H13FN2O/c1-3-9-8(2)15-12(16-13(9)17)10-6-4-5-7-11(10)14/h4-7H,3H2,1-2H3,(H,15,16,17). The number of H-pyrrole nitrogens is 1. The van der Waals surface area contributed by atoms with Crippen LogP contribution in [0, 0.1) is 12.7 Å². The molecular formula is C13H13FN2O. The molecule has 0 fully saturated rings. The highest BCUT2D eigenvalue weighted by atomic mass is 19.1. The molecule has 2 aromatic rings. The van der Waals surface area contributed by atoms with Crippen molar-refractivity contribution in [2.24, 2.45) is 0 Å². The van der Waals surface area contributed by atoms with E-state index in [1.165, 1.54) is 6.07 Å². The van der Waals surface area contributed by atoms with Gasteiger partial charge in [-0.1, -0.05) is 19.1 Å². The Balaban J connectivity index is 2.63. The summed E-state index contributed by atoms with van der Waals surface area (Å²) in [7, 11) is 0. The maximum atomic E-state index is 13.6. The SMILES string of the molecule is CCc1c(C)nc(-c2ccccc2F)[nH]c1=O. The van der Waals surface area contributed by atoms with E-state index in [0.29, 0.717) is 23.2 Å². The Morgan fingerprint density at radius 1 is 1.35 bits per heavy atom. The molecule has 0 atom stereocenters. The van der Waals surface area contributed by atoms with E-state index in [9.17, 15) is 9.18 Å². The van der Waals surface area contributed by atoms with E-state index in [-0.39, 0.29) is 17.2 Å². The van der Waals surface area contributed by atoms with Crippen molar-refractivity contribution in [2.75, 3.05) is 0 Å². The maximum absolute atomic E-state index is 13.6. The third-order valence-electron chi connectivity index (χ3n) is 2.70. The minimum absolute atomic E-state index is 0.196. The molecule has 1 aromatic heterocycles. The number of hydrogen-bond donors (Lipinski definition) is 1. The van der Waals surface area contributed by atoms with Gasteiger partial charge >= 0.3 is 0 Å². The third-order valence-corrected chi connectivity index (χ3v) is 2.70. The molecule has 0 amide bonds. The molecule has 0 aliphatic heterocycles. The fraction of sp³-hybridized carbons (Fsp3) is 0.231. The number of nitrogens with one attached hydrogen (secondary N) is 1. The van der Waals surface area contributed by atoms with E-state index in [4.69, 9.17) is 0 Å². The van der Waals surface area contributed by atoms with Gasteiger partial charge in [-0.05, 0) is 25.5 Å². The minimum atomic E-state index is -0.390. The van der Waals surface area contributed by atoms with Crippen molar-refractivity contribution in [2.45, 2.75) is 20.3 Å². The van der Waals surface area contributed by atoms with Crippen LogP contribution in [0.3, 0.4) is 0 Å². The molecule has 0 unspecified atom stereocenters. The lowest BCUT2D eigenvalue weighted by atomic mass is 10.1. The molecule has 88 valence electrons. The maximum Gasteiger partial charge on any atom is 0.254 e. The van der Waals surface area contributed by atoms with Gasteiger partial charge in [0, 0.05) is 11.3 Å². The predicted molar refractivity (Wildman–Crippen MR) is 64.4 cm³/mol. The van der Waals surface area contributed by atoms with Crippen molar-refractivity contribution in [3.8, 4) is 11.4 Å².